The summed E-state index contributed by atoms with van der Waals surface area (Å²) >= 11 is 1.59. The maximum atomic E-state index is 7.00. The third-order valence-electron chi connectivity index (χ3n) is 9.14. The van der Waals surface area contributed by atoms with Crippen LogP contribution in [0.25, 0.3) is 0 Å². The normalized spacial score (nSPS) is 20.9. The summed E-state index contributed by atoms with van der Waals surface area (Å²) < 4.78 is 14.0. The molecule has 6 heteroatoms. The van der Waals surface area contributed by atoms with Crippen molar-refractivity contribution in [2.45, 2.75) is 149 Å². The second kappa shape index (κ2) is 12.5. The number of rotatable bonds is 0. The lowest BCUT2D eigenvalue weighted by Crippen LogP contribution is -2.42. The highest BCUT2D eigenvalue weighted by molar-refractivity contribution is 9.24. The first-order valence-corrected chi connectivity index (χ1v) is 20.4. The lowest BCUT2D eigenvalue weighted by Gasteiger charge is -2.37. The van der Waals surface area contributed by atoms with Gasteiger partial charge in [0, 0.05) is 29.9 Å². The van der Waals surface area contributed by atoms with Crippen LogP contribution in [0.5, 0.6) is 11.5 Å². The Morgan fingerprint density at radius 1 is 0.721 bits per heavy atom. The van der Waals surface area contributed by atoms with E-state index in [1.54, 1.807) is 0 Å². The Bertz CT molecular complexity index is 1340. The number of hydrogen-bond donors (Lipinski definition) is 0. The van der Waals surface area contributed by atoms with Crippen molar-refractivity contribution in [3.63, 3.8) is 0 Å². The molecule has 0 unspecified atom stereocenters. The number of likely N-dealkylation sites (N-methyl/N-ethyl adjacent to an activating group) is 1. The van der Waals surface area contributed by atoms with E-state index in [0.29, 0.717) is 6.04 Å². The molecule has 2 aliphatic rings. The summed E-state index contributed by atoms with van der Waals surface area (Å²) in [5.74, 6) is 1.89. The lowest BCUT2D eigenvalue weighted by atomic mass is 9.78. The van der Waals surface area contributed by atoms with Crippen molar-refractivity contribution in [3.8, 4) is 11.5 Å². The molecule has 2 atom stereocenters. The Morgan fingerprint density at radius 3 is 1.79 bits per heavy atom. The van der Waals surface area contributed by atoms with Gasteiger partial charge in [0.2, 0.25) is 0 Å². The lowest BCUT2D eigenvalue weighted by molar-refractivity contribution is 0.162. The van der Waals surface area contributed by atoms with Crippen LogP contribution in [-0.2, 0) is 28.2 Å². The molecular formula is C37H56AlBrN2O2. The molecule has 0 saturated heterocycles. The molecule has 0 radical (unpaired) electrons. The molecule has 0 spiro atoms. The summed E-state index contributed by atoms with van der Waals surface area (Å²) in [5, 5.41) is 0. The molecule has 43 heavy (non-hydrogen) atoms. The number of benzene rings is 2. The first-order valence-electron chi connectivity index (χ1n) is 16.2. The molecule has 1 saturated carbocycles. The van der Waals surface area contributed by atoms with Crippen molar-refractivity contribution >= 4 is 33.3 Å². The predicted molar refractivity (Wildman–Crippen MR) is 189 cm³/mol. The van der Waals surface area contributed by atoms with Crippen molar-refractivity contribution in [2.24, 2.45) is 4.99 Å². The average molecular weight is 668 g/mol. The summed E-state index contributed by atoms with van der Waals surface area (Å²) in [6, 6.07) is 10.0. The third-order valence-corrected chi connectivity index (χ3v) is 11.1. The third kappa shape index (κ3) is 8.10. The summed E-state index contributed by atoms with van der Waals surface area (Å²) in [7, 11) is 2.28. The highest BCUT2D eigenvalue weighted by Gasteiger charge is 2.38. The van der Waals surface area contributed by atoms with E-state index in [4.69, 9.17) is 12.6 Å². The molecule has 0 N–H and O–H groups in total. The number of aliphatic imine (C=N–C) groups is 1. The minimum atomic E-state index is -2.38. The smallest absolute Gasteiger partial charge is 0.603 e. The van der Waals surface area contributed by atoms with Gasteiger partial charge in [-0.25, -0.2) is 0 Å². The summed E-state index contributed by atoms with van der Waals surface area (Å²) in [5.41, 5.74) is 7.23. The molecule has 1 heterocycles. The van der Waals surface area contributed by atoms with E-state index in [1.165, 1.54) is 40.7 Å². The molecule has 2 aromatic carbocycles. The van der Waals surface area contributed by atoms with E-state index in [1.807, 2.05) is 0 Å². The Balaban J connectivity index is 1.99. The van der Waals surface area contributed by atoms with Crippen LogP contribution in [0.15, 0.2) is 29.3 Å². The van der Waals surface area contributed by atoms with Crippen LogP contribution in [0, 0.1) is 0 Å². The van der Waals surface area contributed by atoms with Gasteiger partial charge in [-0.1, -0.05) is 114 Å². The fourth-order valence-corrected chi connectivity index (χ4v) is 8.44. The maximum absolute atomic E-state index is 7.00. The van der Waals surface area contributed by atoms with E-state index in [-0.39, 0.29) is 27.7 Å². The van der Waals surface area contributed by atoms with Crippen LogP contribution in [-0.4, -0.2) is 43.2 Å². The van der Waals surface area contributed by atoms with Gasteiger partial charge < -0.3 is 7.58 Å². The Hall–Kier alpha value is -1.32. The van der Waals surface area contributed by atoms with Crippen LogP contribution >= 0.6 is 14.1 Å². The summed E-state index contributed by atoms with van der Waals surface area (Å²) in [6.07, 6.45) is 6.87. The van der Waals surface area contributed by atoms with Crippen molar-refractivity contribution < 1.29 is 7.58 Å². The van der Waals surface area contributed by atoms with Gasteiger partial charge in [0.15, 0.2) is 0 Å². The van der Waals surface area contributed by atoms with Crippen molar-refractivity contribution in [1.29, 1.82) is 0 Å². The predicted octanol–water partition coefficient (Wildman–Crippen LogP) is 9.89. The molecular weight excluding hydrogens is 611 g/mol. The maximum Gasteiger partial charge on any atom is 0.957 e. The second-order valence-electron chi connectivity index (χ2n) is 17.1. The number of nitrogens with zero attached hydrogens (tertiary/aromatic N) is 2. The monoisotopic (exact) mass is 666 g/mol. The fourth-order valence-electron chi connectivity index (χ4n) is 6.36. The first kappa shape index (κ1) is 34.6. The molecule has 4 rings (SSSR count). The SMILES string of the molecule is CN1Cc2cc(C(C)(C)C)cc(C(C)(C)C)c2[O][Al]([Br])[O]c2c(cc(C(C)(C)C)cc2C(C)(C)C)C=N[C@@H]2CCCC[C@H]21. The van der Waals surface area contributed by atoms with E-state index < -0.39 is 13.0 Å². The zero-order valence-electron chi connectivity index (χ0n) is 29.2. The van der Waals surface area contributed by atoms with Gasteiger partial charge in [0.25, 0.3) is 0 Å². The zero-order chi connectivity index (χ0) is 32.1. The van der Waals surface area contributed by atoms with Gasteiger partial charge >= 0.3 is 13.0 Å². The van der Waals surface area contributed by atoms with Gasteiger partial charge in [0.1, 0.15) is 0 Å². The first-order chi connectivity index (χ1) is 19.7. The van der Waals surface area contributed by atoms with Crippen LogP contribution in [0.3, 0.4) is 0 Å². The molecule has 0 amide bonds. The quantitative estimate of drug-likeness (QED) is 0.263. The number of fused-ring (bicyclic) bond motifs is 3. The highest BCUT2D eigenvalue weighted by atomic mass is 79.9. The Morgan fingerprint density at radius 2 is 1.23 bits per heavy atom. The molecule has 1 aliphatic heterocycles. The van der Waals surface area contributed by atoms with Gasteiger partial charge in [-0.3, -0.25) is 9.89 Å². The Kier molecular flexibility index (Phi) is 10.0. The summed E-state index contributed by atoms with van der Waals surface area (Å²) in [4.78, 5) is 7.90. The molecule has 236 valence electrons. The van der Waals surface area contributed by atoms with Crippen molar-refractivity contribution in [1.82, 2.24) is 4.90 Å². The van der Waals surface area contributed by atoms with Crippen molar-refractivity contribution in [3.05, 3.63) is 57.6 Å². The number of hydrogen-bond acceptors (Lipinski definition) is 4. The van der Waals surface area contributed by atoms with Gasteiger partial charge in [-0.15, -0.1) is 14.1 Å². The molecule has 0 aromatic heterocycles. The minimum Gasteiger partial charge on any atom is -0.603 e. The van der Waals surface area contributed by atoms with Crippen LogP contribution in [0.1, 0.15) is 142 Å². The van der Waals surface area contributed by atoms with E-state index in [2.05, 4.69) is 140 Å². The second-order valence-corrected chi connectivity index (χ2v) is 20.3. The summed E-state index contributed by atoms with van der Waals surface area (Å²) in [6.45, 7) is 28.3. The highest BCUT2D eigenvalue weighted by Crippen LogP contribution is 2.42. The largest absolute Gasteiger partial charge is 0.957 e. The van der Waals surface area contributed by atoms with E-state index in [9.17, 15) is 0 Å². The molecule has 1 aliphatic carbocycles. The topological polar surface area (TPSA) is 34.1 Å². The molecule has 1 fully saturated rings. The standard InChI is InChI=1S/C37H58N2O2.Al.BrH/c1-34(2,3)26-18-24(32(40)28(20-26)36(7,8)9)22-38-30-16-14-15-17-31(30)39(13)23-25-19-27(35(4,5)6)21-29(33(25)41)37(10,11)12;;/h18-22,30-31,40-41H,14-17,23H2,1-13H3;;1H/q;+3;/p-3/t30-,31-;;/m1../s1. The fraction of sp³-hybridized carbons (Fsp3) is 0.649. The van der Waals surface area contributed by atoms with Crippen LogP contribution in [0.4, 0.5) is 0 Å². The number of halogens is 1. The minimum absolute atomic E-state index is 0.00464. The van der Waals surface area contributed by atoms with E-state index in [0.717, 1.165) is 36.4 Å². The van der Waals surface area contributed by atoms with Crippen LogP contribution < -0.4 is 7.58 Å². The average Bonchev–Trinajstić information content (AvgIpc) is 2.86. The van der Waals surface area contributed by atoms with Crippen molar-refractivity contribution in [2.75, 3.05) is 7.05 Å². The van der Waals surface area contributed by atoms with E-state index >= 15 is 0 Å². The van der Waals surface area contributed by atoms with Gasteiger partial charge in [0.05, 0.1) is 17.5 Å². The van der Waals surface area contributed by atoms with Gasteiger partial charge in [-0.2, -0.15) is 0 Å². The zero-order valence-corrected chi connectivity index (χ0v) is 32.0. The van der Waals surface area contributed by atoms with Crippen LogP contribution in [0.2, 0.25) is 0 Å². The molecule has 2 aromatic rings. The Labute approximate surface area is 274 Å². The molecule has 4 nitrogen and oxygen atoms in total. The van der Waals surface area contributed by atoms with Gasteiger partial charge in [-0.05, 0) is 69.9 Å². The molecule has 0 bridgehead atoms.